The molecule has 122 valence electrons. The van der Waals surface area contributed by atoms with Gasteiger partial charge in [-0.3, -0.25) is 15.1 Å². The first-order valence-electron chi connectivity index (χ1n) is 7.06. The van der Waals surface area contributed by atoms with Crippen LogP contribution in [0.25, 0.3) is 11.0 Å². The summed E-state index contributed by atoms with van der Waals surface area (Å²) < 4.78 is 5.13. The molecule has 0 bridgehead atoms. The number of aryl methyl sites for hydroxylation is 1. The normalized spacial score (nSPS) is 11.9. The summed E-state index contributed by atoms with van der Waals surface area (Å²) >= 11 is 1.23. The number of anilines is 1. The molecule has 8 nitrogen and oxygen atoms in total. The summed E-state index contributed by atoms with van der Waals surface area (Å²) in [5.41, 5.74) is 1.29. The fourth-order valence-electron chi connectivity index (χ4n) is 1.88. The number of carbonyl (C=O) groups is 2. The van der Waals surface area contributed by atoms with Gasteiger partial charge in [-0.25, -0.2) is 9.78 Å². The monoisotopic (exact) mass is 343 g/mol. The predicted molar refractivity (Wildman–Crippen MR) is 87.7 cm³/mol. The van der Waals surface area contributed by atoms with Crippen molar-refractivity contribution in [3.8, 4) is 0 Å². The van der Waals surface area contributed by atoms with Crippen LogP contribution in [0.5, 0.6) is 0 Å². The maximum Gasteiger partial charge on any atom is 0.359 e. The van der Waals surface area contributed by atoms with E-state index in [1.165, 1.54) is 24.5 Å². The van der Waals surface area contributed by atoms with Crippen LogP contribution in [-0.2, 0) is 9.53 Å². The van der Waals surface area contributed by atoms with Gasteiger partial charge in [0.05, 0.1) is 17.2 Å². The standard InChI is InChI=1S/C15H13N5O3S/c1-8(13(21)18-15-20-19-9(2)24-15)23-14(22)12-7-16-10-5-3-4-6-11(10)17-12/h3-8H,1-2H3,(H,18,20,21). The van der Waals surface area contributed by atoms with Crippen molar-refractivity contribution in [3.05, 3.63) is 41.2 Å². The van der Waals surface area contributed by atoms with Gasteiger partial charge in [0, 0.05) is 0 Å². The zero-order valence-electron chi connectivity index (χ0n) is 12.9. The molecule has 3 aromatic rings. The highest BCUT2D eigenvalue weighted by atomic mass is 32.1. The Morgan fingerprint density at radius 3 is 2.67 bits per heavy atom. The molecule has 1 atom stereocenters. The molecule has 1 amide bonds. The lowest BCUT2D eigenvalue weighted by molar-refractivity contribution is -0.123. The summed E-state index contributed by atoms with van der Waals surface area (Å²) in [6, 6.07) is 7.16. The number of para-hydroxylation sites is 2. The minimum atomic E-state index is -1.00. The number of fused-ring (bicyclic) bond motifs is 1. The van der Waals surface area contributed by atoms with Crippen LogP contribution >= 0.6 is 11.3 Å². The van der Waals surface area contributed by atoms with Gasteiger partial charge in [0.15, 0.2) is 11.8 Å². The molecule has 0 saturated carbocycles. The van der Waals surface area contributed by atoms with Crippen molar-refractivity contribution in [3.63, 3.8) is 0 Å². The Hall–Kier alpha value is -2.94. The average Bonchev–Trinajstić information content (AvgIpc) is 2.99. The van der Waals surface area contributed by atoms with E-state index in [1.54, 1.807) is 25.1 Å². The third kappa shape index (κ3) is 3.51. The lowest BCUT2D eigenvalue weighted by Gasteiger charge is -2.11. The van der Waals surface area contributed by atoms with Gasteiger partial charge in [-0.05, 0) is 26.0 Å². The van der Waals surface area contributed by atoms with E-state index in [0.29, 0.717) is 16.2 Å². The molecule has 1 N–H and O–H groups in total. The molecule has 2 aromatic heterocycles. The Morgan fingerprint density at radius 1 is 1.21 bits per heavy atom. The highest BCUT2D eigenvalue weighted by Crippen LogP contribution is 2.15. The summed E-state index contributed by atoms with van der Waals surface area (Å²) in [6.45, 7) is 3.24. The van der Waals surface area contributed by atoms with E-state index in [4.69, 9.17) is 4.74 Å². The number of nitrogens with zero attached hydrogens (tertiary/aromatic N) is 4. The van der Waals surface area contributed by atoms with Gasteiger partial charge in [-0.1, -0.05) is 23.5 Å². The molecule has 0 aliphatic rings. The summed E-state index contributed by atoms with van der Waals surface area (Å²) in [5.74, 6) is -1.21. The SMILES string of the molecule is Cc1nnc(NC(=O)C(C)OC(=O)c2cnc3ccccc3n2)s1. The summed E-state index contributed by atoms with van der Waals surface area (Å²) in [7, 11) is 0. The second kappa shape index (κ2) is 6.67. The molecule has 0 aliphatic heterocycles. The van der Waals surface area contributed by atoms with Crippen molar-refractivity contribution in [2.45, 2.75) is 20.0 Å². The molecule has 0 fully saturated rings. The van der Waals surface area contributed by atoms with Crippen LogP contribution in [0.2, 0.25) is 0 Å². The zero-order chi connectivity index (χ0) is 17.1. The fourth-order valence-corrected chi connectivity index (χ4v) is 2.48. The molecule has 1 unspecified atom stereocenters. The molecule has 24 heavy (non-hydrogen) atoms. The van der Waals surface area contributed by atoms with E-state index < -0.39 is 18.0 Å². The van der Waals surface area contributed by atoms with Gasteiger partial charge in [-0.2, -0.15) is 0 Å². The minimum Gasteiger partial charge on any atom is -0.448 e. The topological polar surface area (TPSA) is 107 Å². The molecule has 1 aromatic carbocycles. The van der Waals surface area contributed by atoms with Gasteiger partial charge >= 0.3 is 5.97 Å². The highest BCUT2D eigenvalue weighted by molar-refractivity contribution is 7.15. The zero-order valence-corrected chi connectivity index (χ0v) is 13.7. The maximum atomic E-state index is 12.1. The van der Waals surface area contributed by atoms with E-state index in [9.17, 15) is 9.59 Å². The molecule has 0 aliphatic carbocycles. The second-order valence-electron chi connectivity index (χ2n) is 4.91. The lowest BCUT2D eigenvalue weighted by atomic mass is 10.3. The lowest BCUT2D eigenvalue weighted by Crippen LogP contribution is -2.30. The predicted octanol–water partition coefficient (Wildman–Crippen LogP) is 1.97. The van der Waals surface area contributed by atoms with Gasteiger partial charge in [0.2, 0.25) is 5.13 Å². The molecule has 9 heteroatoms. The van der Waals surface area contributed by atoms with Gasteiger partial charge in [0.1, 0.15) is 5.01 Å². The number of hydrogen-bond acceptors (Lipinski definition) is 8. The molecule has 3 rings (SSSR count). The van der Waals surface area contributed by atoms with Crippen molar-refractivity contribution in [1.82, 2.24) is 20.2 Å². The number of amides is 1. The van der Waals surface area contributed by atoms with E-state index in [0.717, 1.165) is 5.01 Å². The summed E-state index contributed by atoms with van der Waals surface area (Å²) in [6.07, 6.45) is 0.318. The van der Waals surface area contributed by atoms with Crippen molar-refractivity contribution >= 4 is 39.4 Å². The molecular formula is C15H13N5O3S. The van der Waals surface area contributed by atoms with Crippen LogP contribution in [0, 0.1) is 6.92 Å². The Balaban J connectivity index is 1.67. The molecule has 2 heterocycles. The van der Waals surface area contributed by atoms with Crippen LogP contribution < -0.4 is 5.32 Å². The van der Waals surface area contributed by atoms with Crippen LogP contribution in [0.15, 0.2) is 30.5 Å². The summed E-state index contributed by atoms with van der Waals surface area (Å²) in [5, 5.41) is 11.2. The molecule has 0 saturated heterocycles. The van der Waals surface area contributed by atoms with Crippen molar-refractivity contribution in [1.29, 1.82) is 0 Å². The summed E-state index contributed by atoms with van der Waals surface area (Å²) in [4.78, 5) is 32.5. The largest absolute Gasteiger partial charge is 0.448 e. The first-order chi connectivity index (χ1) is 11.5. The average molecular weight is 343 g/mol. The first kappa shape index (κ1) is 15.9. The van der Waals surface area contributed by atoms with Crippen LogP contribution in [0.1, 0.15) is 22.4 Å². The molecule has 0 radical (unpaired) electrons. The van der Waals surface area contributed by atoms with E-state index in [-0.39, 0.29) is 5.69 Å². The smallest absolute Gasteiger partial charge is 0.359 e. The van der Waals surface area contributed by atoms with Gasteiger partial charge in [0.25, 0.3) is 5.91 Å². The van der Waals surface area contributed by atoms with E-state index in [1.807, 2.05) is 6.07 Å². The van der Waals surface area contributed by atoms with Crippen molar-refractivity contribution in [2.24, 2.45) is 0 Å². The minimum absolute atomic E-state index is 0.0418. The third-order valence-electron chi connectivity index (χ3n) is 3.07. The Bertz CT molecular complexity index is 911. The van der Waals surface area contributed by atoms with Crippen molar-refractivity contribution in [2.75, 3.05) is 5.32 Å². The number of aromatic nitrogens is 4. The second-order valence-corrected chi connectivity index (χ2v) is 6.09. The van der Waals surface area contributed by atoms with Gasteiger partial charge < -0.3 is 4.74 Å². The number of nitrogens with one attached hydrogen (secondary N) is 1. The molecular weight excluding hydrogens is 330 g/mol. The number of esters is 1. The Kier molecular flexibility index (Phi) is 4.43. The van der Waals surface area contributed by atoms with E-state index >= 15 is 0 Å². The van der Waals surface area contributed by atoms with E-state index in [2.05, 4.69) is 25.5 Å². The Labute approximate surface area is 140 Å². The highest BCUT2D eigenvalue weighted by Gasteiger charge is 2.21. The number of benzene rings is 1. The third-order valence-corrected chi connectivity index (χ3v) is 3.82. The van der Waals surface area contributed by atoms with Crippen LogP contribution in [0.4, 0.5) is 5.13 Å². The van der Waals surface area contributed by atoms with Crippen LogP contribution in [0.3, 0.4) is 0 Å². The maximum absolute atomic E-state index is 12.1. The van der Waals surface area contributed by atoms with Gasteiger partial charge in [-0.15, -0.1) is 10.2 Å². The quantitative estimate of drug-likeness (QED) is 0.722. The Morgan fingerprint density at radius 2 is 1.96 bits per heavy atom. The number of hydrogen-bond donors (Lipinski definition) is 1. The number of ether oxygens (including phenoxy) is 1. The number of carbonyl (C=O) groups excluding carboxylic acids is 2. The van der Waals surface area contributed by atoms with Crippen LogP contribution in [-0.4, -0.2) is 38.1 Å². The first-order valence-corrected chi connectivity index (χ1v) is 7.88. The fraction of sp³-hybridized carbons (Fsp3) is 0.200. The van der Waals surface area contributed by atoms with Crippen molar-refractivity contribution < 1.29 is 14.3 Å². The molecule has 0 spiro atoms. The number of rotatable bonds is 4.